The lowest BCUT2D eigenvalue weighted by Crippen LogP contribution is -2.45. The Morgan fingerprint density at radius 3 is 2.50 bits per heavy atom. The van der Waals surface area contributed by atoms with Crippen molar-refractivity contribution in [2.24, 2.45) is 11.8 Å². The molecule has 3 aliphatic rings. The van der Waals surface area contributed by atoms with Crippen LogP contribution >= 0.6 is 11.6 Å². The van der Waals surface area contributed by atoms with Crippen LogP contribution in [-0.4, -0.2) is 28.7 Å². The number of amides is 3. The van der Waals surface area contributed by atoms with Gasteiger partial charge >= 0.3 is 0 Å². The predicted octanol–water partition coefficient (Wildman–Crippen LogP) is 2.58. The molecular weight excluding hydrogens is 378 g/mol. The van der Waals surface area contributed by atoms with E-state index in [9.17, 15) is 14.4 Å². The first-order chi connectivity index (χ1) is 13.5. The van der Waals surface area contributed by atoms with E-state index in [1.807, 2.05) is 41.4 Å². The van der Waals surface area contributed by atoms with Crippen molar-refractivity contribution < 1.29 is 14.4 Å². The Hall–Kier alpha value is -3.12. The Balaban J connectivity index is 1.54. The first-order valence-corrected chi connectivity index (χ1v) is 9.38. The molecular formula is C21H16ClN3O3. The SMILES string of the molecule is O=C1NC(=O)[C@H]2[C@@H]1[C@@H](C(=O)Nc1ccc(Cl)cc1)N1C=Cc3ccccc3[C@@H]21. The average Bonchev–Trinajstić information content (AvgIpc) is 3.19. The highest BCUT2D eigenvalue weighted by Gasteiger charge is 2.61. The van der Waals surface area contributed by atoms with E-state index in [4.69, 9.17) is 11.6 Å². The summed E-state index contributed by atoms with van der Waals surface area (Å²) in [5.74, 6) is -2.38. The van der Waals surface area contributed by atoms with Gasteiger partial charge in [-0.1, -0.05) is 35.9 Å². The summed E-state index contributed by atoms with van der Waals surface area (Å²) in [6.07, 6.45) is 3.73. The van der Waals surface area contributed by atoms with E-state index < -0.39 is 23.8 Å². The molecule has 2 aromatic carbocycles. The van der Waals surface area contributed by atoms with E-state index in [2.05, 4.69) is 10.6 Å². The van der Waals surface area contributed by atoms with Crippen molar-refractivity contribution in [1.82, 2.24) is 10.2 Å². The van der Waals surface area contributed by atoms with Crippen LogP contribution in [0.4, 0.5) is 5.69 Å². The Kier molecular flexibility index (Phi) is 3.77. The van der Waals surface area contributed by atoms with Gasteiger partial charge in [0.25, 0.3) is 0 Å². The molecule has 7 heteroatoms. The summed E-state index contributed by atoms with van der Waals surface area (Å²) in [5, 5.41) is 5.83. The number of halogens is 1. The monoisotopic (exact) mass is 393 g/mol. The summed E-state index contributed by atoms with van der Waals surface area (Å²) in [7, 11) is 0. The molecule has 0 aromatic heterocycles. The molecule has 0 aliphatic carbocycles. The smallest absolute Gasteiger partial charge is 0.247 e. The quantitative estimate of drug-likeness (QED) is 0.769. The summed E-state index contributed by atoms with van der Waals surface area (Å²) >= 11 is 5.90. The first kappa shape index (κ1) is 17.0. The molecule has 2 fully saturated rings. The van der Waals surface area contributed by atoms with Crippen LogP contribution in [0.3, 0.4) is 0 Å². The van der Waals surface area contributed by atoms with Gasteiger partial charge in [-0.15, -0.1) is 0 Å². The number of carbonyl (C=O) groups excluding carboxylic acids is 3. The van der Waals surface area contributed by atoms with Crippen molar-refractivity contribution in [3.8, 4) is 0 Å². The highest BCUT2D eigenvalue weighted by Crippen LogP contribution is 2.50. The van der Waals surface area contributed by atoms with Crippen LogP contribution in [0.1, 0.15) is 17.2 Å². The molecule has 4 atom stereocenters. The lowest BCUT2D eigenvalue weighted by atomic mass is 9.84. The fraction of sp³-hybridized carbons (Fsp3) is 0.190. The fourth-order valence-electron chi connectivity index (χ4n) is 4.52. The third kappa shape index (κ3) is 2.45. The van der Waals surface area contributed by atoms with Crippen LogP contribution in [0, 0.1) is 11.8 Å². The van der Waals surface area contributed by atoms with Crippen LogP contribution in [0.25, 0.3) is 6.08 Å². The molecule has 140 valence electrons. The van der Waals surface area contributed by atoms with Crippen molar-refractivity contribution in [3.05, 3.63) is 70.9 Å². The zero-order valence-corrected chi connectivity index (χ0v) is 15.4. The summed E-state index contributed by atoms with van der Waals surface area (Å²) in [4.78, 5) is 40.1. The van der Waals surface area contributed by atoms with E-state index in [-0.39, 0.29) is 17.9 Å². The minimum absolute atomic E-state index is 0.322. The van der Waals surface area contributed by atoms with Crippen molar-refractivity contribution in [3.63, 3.8) is 0 Å². The van der Waals surface area contributed by atoms with Gasteiger partial charge < -0.3 is 10.2 Å². The largest absolute Gasteiger partial charge is 0.357 e. The van der Waals surface area contributed by atoms with Crippen LogP contribution in [-0.2, 0) is 14.4 Å². The number of carbonyl (C=O) groups is 3. The van der Waals surface area contributed by atoms with Crippen LogP contribution in [0.15, 0.2) is 54.7 Å². The second-order valence-corrected chi connectivity index (χ2v) is 7.62. The van der Waals surface area contributed by atoms with Crippen LogP contribution in [0.2, 0.25) is 5.02 Å². The number of fused-ring (bicyclic) bond motifs is 5. The van der Waals surface area contributed by atoms with Gasteiger partial charge in [0.15, 0.2) is 0 Å². The Bertz CT molecular complexity index is 1030. The van der Waals surface area contributed by atoms with Gasteiger partial charge in [-0.2, -0.15) is 0 Å². The Morgan fingerprint density at radius 1 is 1.00 bits per heavy atom. The number of nitrogens with zero attached hydrogens (tertiary/aromatic N) is 1. The molecule has 0 radical (unpaired) electrons. The summed E-state index contributed by atoms with van der Waals surface area (Å²) in [6.45, 7) is 0. The van der Waals surface area contributed by atoms with E-state index in [1.165, 1.54) is 0 Å². The molecule has 0 unspecified atom stereocenters. The number of imide groups is 1. The lowest BCUT2D eigenvalue weighted by molar-refractivity contribution is -0.130. The second kappa shape index (κ2) is 6.21. The Labute approximate surface area is 166 Å². The van der Waals surface area contributed by atoms with E-state index in [1.54, 1.807) is 24.3 Å². The van der Waals surface area contributed by atoms with Gasteiger partial charge in [0.05, 0.1) is 17.9 Å². The fourth-order valence-corrected chi connectivity index (χ4v) is 4.65. The van der Waals surface area contributed by atoms with E-state index >= 15 is 0 Å². The van der Waals surface area contributed by atoms with Gasteiger partial charge in [0, 0.05) is 16.9 Å². The predicted molar refractivity (Wildman–Crippen MR) is 104 cm³/mol. The molecule has 5 rings (SSSR count). The van der Waals surface area contributed by atoms with Crippen molar-refractivity contribution in [2.45, 2.75) is 12.1 Å². The summed E-state index contributed by atoms with van der Waals surface area (Å²) in [6, 6.07) is 13.4. The number of rotatable bonds is 2. The second-order valence-electron chi connectivity index (χ2n) is 7.18. The number of hydrogen-bond acceptors (Lipinski definition) is 4. The Morgan fingerprint density at radius 2 is 1.71 bits per heavy atom. The maximum absolute atomic E-state index is 13.2. The molecule has 2 N–H and O–H groups in total. The van der Waals surface area contributed by atoms with Gasteiger partial charge in [-0.25, -0.2) is 0 Å². The molecule has 0 spiro atoms. The maximum atomic E-state index is 13.2. The van der Waals surface area contributed by atoms with Gasteiger partial charge in [0.2, 0.25) is 17.7 Å². The van der Waals surface area contributed by atoms with Gasteiger partial charge in [-0.05, 0) is 41.5 Å². The molecule has 6 nitrogen and oxygen atoms in total. The standard InChI is InChI=1S/C21H16ClN3O3/c22-12-5-7-13(8-6-12)23-21(28)18-16-15(19(26)24-20(16)27)17-14-4-2-1-3-11(14)9-10-25(17)18/h1-10,15-18H,(H,23,28)(H,24,26,27)/t15-,16+,17-,18-/m0/s1. The van der Waals surface area contributed by atoms with Crippen molar-refractivity contribution in [1.29, 1.82) is 0 Å². The molecule has 3 amide bonds. The van der Waals surface area contributed by atoms with Gasteiger partial charge in [0.1, 0.15) is 6.04 Å². The molecule has 0 bridgehead atoms. The van der Waals surface area contributed by atoms with E-state index in [0.29, 0.717) is 10.7 Å². The zero-order valence-electron chi connectivity index (χ0n) is 14.6. The van der Waals surface area contributed by atoms with Crippen molar-refractivity contribution in [2.75, 3.05) is 5.32 Å². The number of hydrogen-bond donors (Lipinski definition) is 2. The minimum atomic E-state index is -0.776. The van der Waals surface area contributed by atoms with Crippen molar-refractivity contribution >= 4 is 41.1 Å². The molecule has 28 heavy (non-hydrogen) atoms. The number of nitrogens with one attached hydrogen (secondary N) is 2. The molecule has 2 saturated heterocycles. The van der Waals surface area contributed by atoms with E-state index in [0.717, 1.165) is 11.1 Å². The zero-order chi connectivity index (χ0) is 19.4. The highest BCUT2D eigenvalue weighted by atomic mass is 35.5. The molecule has 3 aliphatic heterocycles. The normalized spacial score (nSPS) is 27.1. The topological polar surface area (TPSA) is 78.5 Å². The maximum Gasteiger partial charge on any atom is 0.247 e. The molecule has 2 aromatic rings. The summed E-state index contributed by atoms with van der Waals surface area (Å²) in [5.41, 5.74) is 2.53. The number of benzene rings is 2. The number of anilines is 1. The highest BCUT2D eigenvalue weighted by molar-refractivity contribution is 6.30. The van der Waals surface area contributed by atoms with Crippen LogP contribution in [0.5, 0.6) is 0 Å². The van der Waals surface area contributed by atoms with Gasteiger partial charge in [-0.3, -0.25) is 19.7 Å². The summed E-state index contributed by atoms with van der Waals surface area (Å²) < 4.78 is 0. The molecule has 3 heterocycles. The van der Waals surface area contributed by atoms with Crippen LogP contribution < -0.4 is 10.6 Å². The molecule has 0 saturated carbocycles. The lowest BCUT2D eigenvalue weighted by Gasteiger charge is -2.34. The average molecular weight is 394 g/mol. The third-order valence-corrected chi connectivity index (χ3v) is 5.93. The third-order valence-electron chi connectivity index (χ3n) is 5.68. The minimum Gasteiger partial charge on any atom is -0.357 e. The first-order valence-electron chi connectivity index (χ1n) is 9.00.